The van der Waals surface area contributed by atoms with Crippen LogP contribution in [0.15, 0.2) is 12.4 Å². The minimum absolute atomic E-state index is 0.471. The van der Waals surface area contributed by atoms with E-state index in [1.54, 1.807) is 0 Å². The molecule has 0 amide bonds. The molecule has 1 aromatic rings. The predicted molar refractivity (Wildman–Crippen MR) is 61.7 cm³/mol. The maximum atomic E-state index is 4.37. The quantitative estimate of drug-likeness (QED) is 0.760. The van der Waals surface area contributed by atoms with Gasteiger partial charge in [-0.05, 0) is 30.7 Å². The van der Waals surface area contributed by atoms with Crippen molar-refractivity contribution >= 4 is 15.9 Å². The molecule has 1 aliphatic rings. The lowest BCUT2D eigenvalue weighted by atomic mass is 9.89. The summed E-state index contributed by atoms with van der Waals surface area (Å²) >= 11 is 3.66. The summed E-state index contributed by atoms with van der Waals surface area (Å²) < 4.78 is 2.10. The van der Waals surface area contributed by atoms with Gasteiger partial charge in [-0.15, -0.1) is 0 Å². The molecule has 0 atom stereocenters. The normalized spacial score (nSPS) is 20.1. The Bertz CT molecular complexity index is 300. The average molecular weight is 257 g/mol. The molecular formula is C11H17BrN2. The molecule has 0 aliphatic heterocycles. The second-order valence-electron chi connectivity index (χ2n) is 4.56. The highest BCUT2D eigenvalue weighted by atomic mass is 79.9. The lowest BCUT2D eigenvalue weighted by Gasteiger charge is -2.26. The van der Waals surface area contributed by atoms with Gasteiger partial charge in [0.25, 0.3) is 0 Å². The lowest BCUT2D eigenvalue weighted by molar-refractivity contribution is 0.278. The van der Waals surface area contributed by atoms with Gasteiger partial charge in [0.15, 0.2) is 0 Å². The van der Waals surface area contributed by atoms with Crippen molar-refractivity contribution in [1.82, 2.24) is 9.78 Å². The molecule has 2 nitrogen and oxygen atoms in total. The van der Waals surface area contributed by atoms with Crippen molar-refractivity contribution in [3.8, 4) is 0 Å². The molecule has 0 saturated heterocycles. The Morgan fingerprint density at radius 3 is 2.71 bits per heavy atom. The first-order chi connectivity index (χ1) is 6.74. The van der Waals surface area contributed by atoms with Gasteiger partial charge < -0.3 is 0 Å². The molecule has 0 unspecified atom stereocenters. The fourth-order valence-electron chi connectivity index (χ4n) is 2.36. The van der Waals surface area contributed by atoms with Gasteiger partial charge >= 0.3 is 0 Å². The molecule has 1 fully saturated rings. The van der Waals surface area contributed by atoms with Gasteiger partial charge in [-0.3, -0.25) is 4.68 Å². The topological polar surface area (TPSA) is 17.8 Å². The first-order valence-electron chi connectivity index (χ1n) is 5.29. The Morgan fingerprint density at radius 1 is 1.50 bits per heavy atom. The van der Waals surface area contributed by atoms with Crippen LogP contribution in [0.5, 0.6) is 0 Å². The van der Waals surface area contributed by atoms with Gasteiger partial charge in [0.2, 0.25) is 0 Å². The third kappa shape index (κ3) is 2.02. The summed E-state index contributed by atoms with van der Waals surface area (Å²) in [5.41, 5.74) is 1.73. The number of hydrogen-bond acceptors (Lipinski definition) is 1. The minimum atomic E-state index is 0.471. The van der Waals surface area contributed by atoms with Crippen LogP contribution in [0.1, 0.15) is 31.2 Å². The molecule has 0 N–H and O–H groups in total. The van der Waals surface area contributed by atoms with Crippen molar-refractivity contribution in [1.29, 1.82) is 0 Å². The van der Waals surface area contributed by atoms with Crippen molar-refractivity contribution in [2.45, 2.75) is 39.2 Å². The van der Waals surface area contributed by atoms with Crippen LogP contribution in [0.4, 0.5) is 0 Å². The fraction of sp³-hybridized carbons (Fsp3) is 0.727. The summed E-state index contributed by atoms with van der Waals surface area (Å²) in [6.07, 6.45) is 9.53. The number of halogens is 1. The van der Waals surface area contributed by atoms with Crippen LogP contribution in [0.3, 0.4) is 0 Å². The van der Waals surface area contributed by atoms with Crippen LogP contribution < -0.4 is 0 Å². The number of hydrogen-bond donors (Lipinski definition) is 0. The molecule has 14 heavy (non-hydrogen) atoms. The van der Waals surface area contributed by atoms with Crippen LogP contribution in [0, 0.1) is 12.3 Å². The zero-order chi connectivity index (χ0) is 10.0. The van der Waals surface area contributed by atoms with Crippen molar-refractivity contribution in [3.63, 3.8) is 0 Å². The summed E-state index contributed by atoms with van der Waals surface area (Å²) in [5.74, 6) is 0. The second-order valence-corrected chi connectivity index (χ2v) is 5.12. The number of rotatable bonds is 3. The zero-order valence-corrected chi connectivity index (χ0v) is 10.3. The molecule has 2 rings (SSSR count). The standard InChI is InChI=1S/C11H17BrN2/c1-10-6-13-14(7-10)9-11(8-12)4-2-3-5-11/h6-7H,2-5,8-9H2,1H3. The molecular weight excluding hydrogens is 240 g/mol. The molecule has 1 heterocycles. The highest BCUT2D eigenvalue weighted by Crippen LogP contribution is 2.40. The van der Waals surface area contributed by atoms with E-state index >= 15 is 0 Å². The van der Waals surface area contributed by atoms with Crippen LogP contribution in [-0.2, 0) is 6.54 Å². The Morgan fingerprint density at radius 2 is 2.21 bits per heavy atom. The van der Waals surface area contributed by atoms with Crippen molar-refractivity contribution in [2.24, 2.45) is 5.41 Å². The summed E-state index contributed by atoms with van der Waals surface area (Å²) in [4.78, 5) is 0. The van der Waals surface area contributed by atoms with E-state index in [4.69, 9.17) is 0 Å². The molecule has 1 aliphatic carbocycles. The van der Waals surface area contributed by atoms with E-state index in [1.165, 1.54) is 31.2 Å². The Hall–Kier alpha value is -0.310. The number of nitrogens with zero attached hydrogens (tertiary/aromatic N) is 2. The van der Waals surface area contributed by atoms with E-state index in [0.717, 1.165) is 11.9 Å². The highest BCUT2D eigenvalue weighted by Gasteiger charge is 2.33. The van der Waals surface area contributed by atoms with E-state index in [9.17, 15) is 0 Å². The molecule has 3 heteroatoms. The molecule has 0 bridgehead atoms. The Balaban J connectivity index is 2.08. The average Bonchev–Trinajstić information content (AvgIpc) is 2.77. The number of aryl methyl sites for hydroxylation is 1. The van der Waals surface area contributed by atoms with Crippen LogP contribution in [0.2, 0.25) is 0 Å². The smallest absolute Gasteiger partial charge is 0.0518 e. The first-order valence-corrected chi connectivity index (χ1v) is 6.41. The van der Waals surface area contributed by atoms with E-state index in [1.807, 2.05) is 6.20 Å². The minimum Gasteiger partial charge on any atom is -0.272 e. The molecule has 78 valence electrons. The maximum Gasteiger partial charge on any atom is 0.0518 e. The molecule has 0 spiro atoms. The largest absolute Gasteiger partial charge is 0.272 e. The molecule has 1 aromatic heterocycles. The summed E-state index contributed by atoms with van der Waals surface area (Å²) in [5, 5.41) is 5.48. The van der Waals surface area contributed by atoms with Gasteiger partial charge in [-0.1, -0.05) is 28.8 Å². The van der Waals surface area contributed by atoms with Crippen molar-refractivity contribution in [3.05, 3.63) is 18.0 Å². The molecule has 0 radical (unpaired) electrons. The van der Waals surface area contributed by atoms with Crippen LogP contribution in [-0.4, -0.2) is 15.1 Å². The third-order valence-electron chi connectivity index (χ3n) is 3.21. The van der Waals surface area contributed by atoms with Gasteiger partial charge in [-0.2, -0.15) is 5.10 Å². The van der Waals surface area contributed by atoms with E-state index in [2.05, 4.69) is 38.8 Å². The first kappa shape index (κ1) is 10.2. The van der Waals surface area contributed by atoms with Gasteiger partial charge in [-0.25, -0.2) is 0 Å². The second kappa shape index (κ2) is 4.05. The predicted octanol–water partition coefficient (Wildman–Crippen LogP) is 3.15. The monoisotopic (exact) mass is 256 g/mol. The van der Waals surface area contributed by atoms with Crippen LogP contribution >= 0.6 is 15.9 Å². The van der Waals surface area contributed by atoms with Gasteiger partial charge in [0.05, 0.1) is 6.20 Å². The zero-order valence-electron chi connectivity index (χ0n) is 8.67. The van der Waals surface area contributed by atoms with Gasteiger partial charge in [0, 0.05) is 18.1 Å². The maximum absolute atomic E-state index is 4.37. The van der Waals surface area contributed by atoms with E-state index in [-0.39, 0.29) is 0 Å². The molecule has 1 saturated carbocycles. The Labute approximate surface area is 93.8 Å². The summed E-state index contributed by atoms with van der Waals surface area (Å²) in [7, 11) is 0. The van der Waals surface area contributed by atoms with E-state index in [0.29, 0.717) is 5.41 Å². The molecule has 0 aromatic carbocycles. The number of alkyl halides is 1. The van der Waals surface area contributed by atoms with Crippen molar-refractivity contribution in [2.75, 3.05) is 5.33 Å². The van der Waals surface area contributed by atoms with E-state index < -0.39 is 0 Å². The third-order valence-corrected chi connectivity index (χ3v) is 4.40. The summed E-state index contributed by atoms with van der Waals surface area (Å²) in [6, 6.07) is 0. The highest BCUT2D eigenvalue weighted by molar-refractivity contribution is 9.09. The number of aromatic nitrogens is 2. The SMILES string of the molecule is Cc1cnn(CC2(CBr)CCCC2)c1. The summed E-state index contributed by atoms with van der Waals surface area (Å²) in [6.45, 7) is 3.17. The van der Waals surface area contributed by atoms with Crippen LogP contribution in [0.25, 0.3) is 0 Å². The lowest BCUT2D eigenvalue weighted by Crippen LogP contribution is -2.25. The Kier molecular flexibility index (Phi) is 2.96. The van der Waals surface area contributed by atoms with Gasteiger partial charge in [0.1, 0.15) is 0 Å². The van der Waals surface area contributed by atoms with Crippen molar-refractivity contribution < 1.29 is 0 Å². The fourth-order valence-corrected chi connectivity index (χ4v) is 3.09.